The molecule has 0 unspecified atom stereocenters. The van der Waals surface area contributed by atoms with Crippen LogP contribution in [0, 0.1) is 6.92 Å². The molecule has 7 heteroatoms. The van der Waals surface area contributed by atoms with Gasteiger partial charge in [0.1, 0.15) is 11.4 Å². The highest BCUT2D eigenvalue weighted by Crippen LogP contribution is 2.28. The zero-order valence-electron chi connectivity index (χ0n) is 15.7. The molecule has 0 spiro atoms. The Morgan fingerprint density at radius 2 is 1.43 bits per heavy atom. The van der Waals surface area contributed by atoms with Gasteiger partial charge in [-0.25, -0.2) is 9.18 Å². The van der Waals surface area contributed by atoms with E-state index in [-0.39, 0.29) is 5.56 Å². The van der Waals surface area contributed by atoms with E-state index < -0.39 is 36.0 Å². The summed E-state index contributed by atoms with van der Waals surface area (Å²) in [5, 5.41) is 9.17. The van der Waals surface area contributed by atoms with Gasteiger partial charge in [-0.3, -0.25) is 4.99 Å². The van der Waals surface area contributed by atoms with E-state index in [0.29, 0.717) is 5.56 Å². The van der Waals surface area contributed by atoms with Crippen LogP contribution in [0.1, 0.15) is 31.4 Å². The van der Waals surface area contributed by atoms with Gasteiger partial charge in [0.05, 0.1) is 0 Å². The number of hydrogen-bond acceptors (Lipinski definition) is 2. The number of aliphatic imine (C=N–C) groups is 1. The minimum absolute atomic E-state index is 0.272. The van der Waals surface area contributed by atoms with Crippen LogP contribution in [-0.2, 0) is 4.79 Å². The average molecular weight is 395 g/mol. The topological polar surface area (TPSA) is 49.7 Å². The van der Waals surface area contributed by atoms with Crippen molar-refractivity contribution < 1.29 is 27.5 Å². The summed E-state index contributed by atoms with van der Waals surface area (Å²) in [6.07, 6.45) is -5.54. The van der Waals surface area contributed by atoms with Crippen molar-refractivity contribution in [1.82, 2.24) is 0 Å². The van der Waals surface area contributed by atoms with E-state index in [1.54, 1.807) is 0 Å². The van der Waals surface area contributed by atoms with E-state index in [1.165, 1.54) is 24.3 Å². The predicted octanol–water partition coefficient (Wildman–Crippen LogP) is 5.60. The zero-order valence-corrected chi connectivity index (χ0v) is 15.7. The van der Waals surface area contributed by atoms with Gasteiger partial charge >= 0.3 is 12.1 Å². The zero-order chi connectivity index (χ0) is 21.1. The maximum Gasteiger partial charge on any atom is 0.433 e. The van der Waals surface area contributed by atoms with E-state index in [0.717, 1.165) is 25.0 Å². The molecular formula is C21H21F4NO2. The number of nitrogens with zero attached hydrogens (tertiary/aromatic N) is 1. The Balaban J connectivity index is 2.42. The lowest BCUT2D eigenvalue weighted by Crippen LogP contribution is -2.32. The van der Waals surface area contributed by atoms with Crippen molar-refractivity contribution in [2.45, 2.75) is 45.1 Å². The first kappa shape index (κ1) is 21.6. The number of benzene rings is 2. The first-order chi connectivity index (χ1) is 12.9. The minimum atomic E-state index is -4.88. The number of aryl methyl sites for hydroxylation is 1. The first-order valence-electron chi connectivity index (χ1n) is 8.61. The monoisotopic (exact) mass is 395 g/mol. The second kappa shape index (κ2) is 8.12. The third kappa shape index (κ3) is 5.90. The molecule has 1 N–H and O–H groups in total. The van der Waals surface area contributed by atoms with Crippen molar-refractivity contribution in [1.29, 1.82) is 0 Å². The molecule has 28 heavy (non-hydrogen) atoms. The number of aliphatic carboxylic acids is 1. The lowest BCUT2D eigenvalue weighted by atomic mass is 9.99. The molecule has 2 aromatic carbocycles. The van der Waals surface area contributed by atoms with E-state index in [1.807, 2.05) is 31.2 Å². The summed E-state index contributed by atoms with van der Waals surface area (Å²) in [6, 6.07) is 11.1. The van der Waals surface area contributed by atoms with Crippen LogP contribution < -0.4 is 0 Å². The largest absolute Gasteiger partial charge is 0.480 e. The molecule has 0 aromatic heterocycles. The van der Waals surface area contributed by atoms with E-state index in [2.05, 4.69) is 4.99 Å². The van der Waals surface area contributed by atoms with Gasteiger partial charge in [-0.15, -0.1) is 0 Å². The Labute approximate surface area is 160 Å². The normalized spacial score (nSPS) is 14.0. The molecule has 0 fully saturated rings. The van der Waals surface area contributed by atoms with Crippen molar-refractivity contribution in [2.75, 3.05) is 0 Å². The molecule has 3 nitrogen and oxygen atoms in total. The van der Waals surface area contributed by atoms with E-state index in [9.17, 15) is 27.5 Å². The van der Waals surface area contributed by atoms with Crippen molar-refractivity contribution in [3.05, 3.63) is 59.7 Å². The molecule has 1 atom stereocenters. The number of carbonyl (C=O) groups is 1. The highest BCUT2D eigenvalue weighted by Gasteiger charge is 2.39. The fourth-order valence-electron chi connectivity index (χ4n) is 2.68. The van der Waals surface area contributed by atoms with Crippen LogP contribution >= 0.6 is 0 Å². The van der Waals surface area contributed by atoms with Crippen molar-refractivity contribution in [3.8, 4) is 11.1 Å². The average Bonchev–Trinajstić information content (AvgIpc) is 2.57. The fourth-order valence-corrected chi connectivity index (χ4v) is 2.68. The SMILES string of the molecule is Cc1ccc(-c2ccc(/C(=N/[C@@H](CC(C)(C)F)C(=O)O)C(F)(F)F)cc2)cc1. The molecule has 0 saturated heterocycles. The van der Waals surface area contributed by atoms with Gasteiger partial charge in [0.15, 0.2) is 6.04 Å². The third-order valence-corrected chi connectivity index (χ3v) is 4.06. The first-order valence-corrected chi connectivity index (χ1v) is 8.61. The van der Waals surface area contributed by atoms with Crippen LogP contribution in [0.3, 0.4) is 0 Å². The second-order valence-electron chi connectivity index (χ2n) is 7.20. The van der Waals surface area contributed by atoms with Gasteiger partial charge in [-0.05, 0) is 31.9 Å². The summed E-state index contributed by atoms with van der Waals surface area (Å²) in [5.41, 5.74) is -0.970. The van der Waals surface area contributed by atoms with E-state index >= 15 is 0 Å². The van der Waals surface area contributed by atoms with Gasteiger partial charge in [0.25, 0.3) is 0 Å². The van der Waals surface area contributed by atoms with Gasteiger partial charge in [-0.1, -0.05) is 54.1 Å². The molecular weight excluding hydrogens is 374 g/mol. The molecule has 0 amide bonds. The van der Waals surface area contributed by atoms with Gasteiger partial charge < -0.3 is 5.11 Å². The Morgan fingerprint density at radius 3 is 1.82 bits per heavy atom. The standard InChI is InChI=1S/C21H21F4NO2/c1-13-4-6-14(7-5-13)15-8-10-16(11-9-15)18(21(23,24)25)26-17(19(27)28)12-20(2,3)22/h4-11,17H,12H2,1-3H3,(H,27,28)/b26-18-/t17-/m0/s1. The van der Waals surface area contributed by atoms with Crippen LogP contribution in [0.4, 0.5) is 17.6 Å². The minimum Gasteiger partial charge on any atom is -0.480 e. The number of halogens is 4. The van der Waals surface area contributed by atoms with Gasteiger partial charge in [0, 0.05) is 12.0 Å². The number of alkyl halides is 4. The summed E-state index contributed by atoms with van der Waals surface area (Å²) >= 11 is 0. The molecule has 0 aliphatic rings. The maximum absolute atomic E-state index is 13.8. The van der Waals surface area contributed by atoms with E-state index in [4.69, 9.17) is 0 Å². The Kier molecular flexibility index (Phi) is 6.27. The quantitative estimate of drug-likeness (QED) is 0.511. The molecule has 2 aromatic rings. The van der Waals surface area contributed by atoms with Crippen LogP contribution in [0.5, 0.6) is 0 Å². The lowest BCUT2D eigenvalue weighted by molar-refractivity contribution is -0.139. The second-order valence-corrected chi connectivity index (χ2v) is 7.20. The molecule has 0 radical (unpaired) electrons. The lowest BCUT2D eigenvalue weighted by Gasteiger charge is -2.19. The molecule has 150 valence electrons. The number of carboxylic acid groups (broad SMARTS) is 1. The van der Waals surface area contributed by atoms with Gasteiger partial charge in [0.2, 0.25) is 0 Å². The summed E-state index contributed by atoms with van der Waals surface area (Å²) in [4.78, 5) is 14.7. The van der Waals surface area contributed by atoms with Crippen molar-refractivity contribution in [2.24, 2.45) is 4.99 Å². The highest BCUT2D eigenvalue weighted by molar-refractivity contribution is 6.05. The van der Waals surface area contributed by atoms with Crippen molar-refractivity contribution in [3.63, 3.8) is 0 Å². The molecule has 0 bridgehead atoms. The van der Waals surface area contributed by atoms with Crippen LogP contribution in [-0.4, -0.2) is 34.7 Å². The number of rotatable bonds is 6. The van der Waals surface area contributed by atoms with Gasteiger partial charge in [-0.2, -0.15) is 13.2 Å². The summed E-state index contributed by atoms with van der Waals surface area (Å²) in [7, 11) is 0. The number of carboxylic acids is 1. The number of hydrogen-bond donors (Lipinski definition) is 1. The summed E-state index contributed by atoms with van der Waals surface area (Å²) < 4.78 is 54.3. The Morgan fingerprint density at radius 1 is 0.964 bits per heavy atom. The predicted molar refractivity (Wildman–Crippen MR) is 100 cm³/mol. The molecule has 0 aliphatic carbocycles. The summed E-state index contributed by atoms with van der Waals surface area (Å²) in [6.45, 7) is 4.13. The fraction of sp³-hybridized carbons (Fsp3) is 0.333. The third-order valence-electron chi connectivity index (χ3n) is 4.06. The highest BCUT2D eigenvalue weighted by atomic mass is 19.4. The van der Waals surface area contributed by atoms with Crippen LogP contribution in [0.25, 0.3) is 11.1 Å². The van der Waals surface area contributed by atoms with Crippen LogP contribution in [0.2, 0.25) is 0 Å². The smallest absolute Gasteiger partial charge is 0.433 e. The van der Waals surface area contributed by atoms with Crippen molar-refractivity contribution >= 4 is 11.7 Å². The molecule has 0 saturated carbocycles. The molecule has 2 rings (SSSR count). The Bertz CT molecular complexity index is 848. The summed E-state index contributed by atoms with van der Waals surface area (Å²) in [5.74, 6) is -1.61. The molecule has 0 heterocycles. The molecule has 0 aliphatic heterocycles. The van der Waals surface area contributed by atoms with Crippen LogP contribution in [0.15, 0.2) is 53.5 Å². The Hall–Kier alpha value is -2.70. The maximum atomic E-state index is 13.8.